The second-order valence-electron chi connectivity index (χ2n) is 8.23. The van der Waals surface area contributed by atoms with Crippen LogP contribution in [0.15, 0.2) is 34.4 Å². The van der Waals surface area contributed by atoms with E-state index in [0.29, 0.717) is 33.6 Å². The first-order chi connectivity index (χ1) is 15.8. The van der Waals surface area contributed by atoms with Crippen LogP contribution in [0.4, 0.5) is 8.78 Å². The lowest BCUT2D eigenvalue weighted by atomic mass is 9.99. The predicted octanol–water partition coefficient (Wildman–Crippen LogP) is 3.82. The first kappa shape index (κ1) is 21.7. The molecule has 1 aliphatic rings. The van der Waals surface area contributed by atoms with Crippen LogP contribution in [0, 0.1) is 11.6 Å². The van der Waals surface area contributed by atoms with Crippen LogP contribution in [0.3, 0.4) is 0 Å². The predicted molar refractivity (Wildman–Crippen MR) is 123 cm³/mol. The minimum absolute atomic E-state index is 0.00731. The molecule has 5 rings (SSSR count). The Labute approximate surface area is 191 Å². The summed E-state index contributed by atoms with van der Waals surface area (Å²) < 4.78 is 37.5. The van der Waals surface area contributed by atoms with Gasteiger partial charge in [-0.25, -0.2) is 8.78 Å². The van der Waals surface area contributed by atoms with Crippen LogP contribution in [0.1, 0.15) is 25.6 Å². The molecule has 3 aromatic heterocycles. The Morgan fingerprint density at radius 1 is 1.33 bits per heavy atom. The van der Waals surface area contributed by atoms with Gasteiger partial charge < -0.3 is 20.1 Å². The zero-order chi connectivity index (χ0) is 23.3. The number of aromatic nitrogens is 3. The molecule has 0 saturated carbocycles. The normalized spacial score (nSPS) is 16.7. The van der Waals surface area contributed by atoms with E-state index in [4.69, 9.17) is 9.84 Å². The molecule has 1 aliphatic heterocycles. The van der Waals surface area contributed by atoms with Crippen molar-refractivity contribution in [2.75, 3.05) is 13.2 Å². The molecule has 0 spiro atoms. The zero-order valence-electron chi connectivity index (χ0n) is 18.0. The lowest BCUT2D eigenvalue weighted by Crippen LogP contribution is -2.31. The summed E-state index contributed by atoms with van der Waals surface area (Å²) in [6, 6.07) is 5.49. The van der Waals surface area contributed by atoms with Gasteiger partial charge in [-0.2, -0.15) is 5.10 Å². The van der Waals surface area contributed by atoms with Gasteiger partial charge in [-0.15, -0.1) is 11.3 Å². The number of hydrogen-bond donors (Lipinski definition) is 3. The van der Waals surface area contributed by atoms with E-state index in [9.17, 15) is 14.3 Å². The molecule has 1 aromatic carbocycles. The maximum absolute atomic E-state index is 15.3. The van der Waals surface area contributed by atoms with E-state index in [0.717, 1.165) is 24.4 Å². The topological polar surface area (TPSA) is 92.2 Å². The number of nitrogens with zero attached hydrogens (tertiary/aromatic N) is 2. The fraction of sp³-hybridized carbons (Fsp3) is 0.304. The number of nitrogens with one attached hydrogen (secondary N) is 2. The van der Waals surface area contributed by atoms with Gasteiger partial charge in [0.1, 0.15) is 29.7 Å². The van der Waals surface area contributed by atoms with Gasteiger partial charge in [-0.1, -0.05) is 0 Å². The largest absolute Gasteiger partial charge is 0.490 e. The Morgan fingerprint density at radius 2 is 2.15 bits per heavy atom. The summed E-state index contributed by atoms with van der Waals surface area (Å²) in [7, 11) is 0. The molecule has 7 nitrogen and oxygen atoms in total. The number of rotatable bonds is 5. The minimum atomic E-state index is -0.838. The van der Waals surface area contributed by atoms with Crippen LogP contribution in [0.2, 0.25) is 0 Å². The average molecular weight is 473 g/mol. The summed E-state index contributed by atoms with van der Waals surface area (Å²) in [4.78, 5) is 15.7. The Balaban J connectivity index is 1.81. The molecule has 0 radical (unpaired) electrons. The van der Waals surface area contributed by atoms with Crippen LogP contribution in [-0.4, -0.2) is 39.1 Å². The van der Waals surface area contributed by atoms with Crippen LogP contribution >= 0.6 is 11.3 Å². The van der Waals surface area contributed by atoms with Crippen molar-refractivity contribution in [3.63, 3.8) is 0 Å². The molecule has 0 bridgehead atoms. The zero-order valence-corrected chi connectivity index (χ0v) is 18.8. The lowest BCUT2D eigenvalue weighted by molar-refractivity contribution is 0.122. The molecule has 0 fully saturated rings. The van der Waals surface area contributed by atoms with E-state index in [1.165, 1.54) is 18.3 Å². The maximum atomic E-state index is 15.3. The maximum Gasteiger partial charge on any atom is 0.257 e. The van der Waals surface area contributed by atoms with Crippen molar-refractivity contribution < 1.29 is 18.6 Å². The van der Waals surface area contributed by atoms with Crippen LogP contribution in [-0.2, 0) is 6.54 Å². The monoisotopic (exact) mass is 472 g/mol. The number of aliphatic hydroxyl groups excluding tert-OH is 1. The van der Waals surface area contributed by atoms with E-state index in [1.54, 1.807) is 11.4 Å². The van der Waals surface area contributed by atoms with Crippen molar-refractivity contribution >= 4 is 21.4 Å². The fourth-order valence-electron chi connectivity index (χ4n) is 4.15. The summed E-state index contributed by atoms with van der Waals surface area (Å²) in [6.45, 7) is 4.77. The highest BCUT2D eigenvalue weighted by Crippen LogP contribution is 2.43. The van der Waals surface area contributed by atoms with Crippen molar-refractivity contribution in [1.29, 1.82) is 0 Å². The van der Waals surface area contributed by atoms with Gasteiger partial charge >= 0.3 is 0 Å². The van der Waals surface area contributed by atoms with Crippen molar-refractivity contribution in [1.82, 2.24) is 20.1 Å². The van der Waals surface area contributed by atoms with Crippen LogP contribution in [0.5, 0.6) is 5.75 Å². The number of H-pyrrole nitrogens is 1. The number of thiophene rings is 1. The lowest BCUT2D eigenvalue weighted by Gasteiger charge is -2.21. The van der Waals surface area contributed by atoms with E-state index >= 15 is 4.39 Å². The minimum Gasteiger partial charge on any atom is -0.490 e. The molecule has 10 heteroatoms. The van der Waals surface area contributed by atoms with Crippen molar-refractivity contribution in [2.24, 2.45) is 0 Å². The number of halogens is 2. The molecule has 4 aromatic rings. The first-order valence-corrected chi connectivity index (χ1v) is 11.4. The van der Waals surface area contributed by atoms with Gasteiger partial charge in [0, 0.05) is 30.8 Å². The Morgan fingerprint density at radius 3 is 2.91 bits per heavy atom. The highest BCUT2D eigenvalue weighted by molar-refractivity contribution is 7.17. The molecule has 0 amide bonds. The Bertz CT molecular complexity index is 1410. The number of aromatic amines is 1. The average Bonchev–Trinajstić information content (AvgIpc) is 3.41. The molecule has 2 unspecified atom stereocenters. The van der Waals surface area contributed by atoms with Gasteiger partial charge in [0.25, 0.3) is 5.56 Å². The third kappa shape index (κ3) is 3.84. The summed E-state index contributed by atoms with van der Waals surface area (Å²) in [5.74, 6) is -1.70. The Hall–Kier alpha value is -3.08. The molecular weight excluding hydrogens is 450 g/mol. The highest BCUT2D eigenvalue weighted by atomic mass is 32.1. The van der Waals surface area contributed by atoms with Gasteiger partial charge in [-0.3, -0.25) is 9.48 Å². The molecule has 3 N–H and O–H groups in total. The number of pyridine rings is 1. The SMILES string of the molecule is CC(O)COc1cc(F)cc(F)c1-c1c(-c2cc3n(n2)C(C)CNC3)[nH]c(=O)c2ccsc12. The van der Waals surface area contributed by atoms with Crippen molar-refractivity contribution in [3.05, 3.63) is 57.3 Å². The summed E-state index contributed by atoms with van der Waals surface area (Å²) in [6.07, 6.45) is -0.838. The number of fused-ring (bicyclic) bond motifs is 2. The Kier molecular flexibility index (Phi) is 5.51. The number of aliphatic hydroxyl groups is 1. The second kappa shape index (κ2) is 8.36. The molecule has 4 heterocycles. The molecule has 33 heavy (non-hydrogen) atoms. The third-order valence-corrected chi connectivity index (χ3v) is 6.54. The summed E-state index contributed by atoms with van der Waals surface area (Å²) >= 11 is 1.28. The van der Waals surface area contributed by atoms with Gasteiger partial charge in [0.15, 0.2) is 0 Å². The van der Waals surface area contributed by atoms with Crippen molar-refractivity contribution in [2.45, 2.75) is 32.5 Å². The molecule has 0 aliphatic carbocycles. The number of ether oxygens (including phenoxy) is 1. The summed E-state index contributed by atoms with van der Waals surface area (Å²) in [5, 5.41) is 19.8. The molecule has 0 saturated heterocycles. The standard InChI is InChI=1S/C23H22F2N4O3S/c1-11-8-26-9-14-7-17(28-29(11)14)21-20(22-15(3-4-33-22)23(31)27-21)19-16(25)5-13(24)6-18(19)32-10-12(2)30/h3-7,11-12,26,30H,8-10H2,1-2H3,(H,27,31). The van der Waals surface area contributed by atoms with E-state index in [1.807, 2.05) is 17.7 Å². The molecular formula is C23H22F2N4O3S. The quantitative estimate of drug-likeness (QED) is 0.411. The van der Waals surface area contributed by atoms with E-state index in [-0.39, 0.29) is 29.5 Å². The van der Waals surface area contributed by atoms with Crippen LogP contribution in [0.25, 0.3) is 32.6 Å². The smallest absolute Gasteiger partial charge is 0.257 e. The van der Waals surface area contributed by atoms with E-state index < -0.39 is 17.7 Å². The van der Waals surface area contributed by atoms with Crippen molar-refractivity contribution in [3.8, 4) is 28.3 Å². The first-order valence-electron chi connectivity index (χ1n) is 10.6. The molecule has 172 valence electrons. The van der Waals surface area contributed by atoms with Gasteiger partial charge in [-0.05, 0) is 31.4 Å². The fourth-order valence-corrected chi connectivity index (χ4v) is 5.10. The third-order valence-electron chi connectivity index (χ3n) is 5.61. The second-order valence-corrected chi connectivity index (χ2v) is 9.15. The van der Waals surface area contributed by atoms with E-state index in [2.05, 4.69) is 10.3 Å². The highest BCUT2D eigenvalue weighted by Gasteiger charge is 2.26. The van der Waals surface area contributed by atoms with Crippen LogP contribution < -0.4 is 15.6 Å². The number of benzene rings is 1. The van der Waals surface area contributed by atoms with Gasteiger partial charge in [0.2, 0.25) is 0 Å². The summed E-state index contributed by atoms with van der Waals surface area (Å²) in [5.41, 5.74) is 1.80. The van der Waals surface area contributed by atoms with Gasteiger partial charge in [0.05, 0.1) is 39.2 Å². The molecule has 2 atom stereocenters. The number of hydrogen-bond acceptors (Lipinski definition) is 6.